The van der Waals surface area contributed by atoms with Crippen LogP contribution >= 0.6 is 0 Å². The van der Waals surface area contributed by atoms with E-state index in [1.165, 1.54) is 24.3 Å². The van der Waals surface area contributed by atoms with Crippen LogP contribution in [-0.2, 0) is 22.1 Å². The fraction of sp³-hybridized carbons (Fsp3) is 0.263. The first-order valence-electron chi connectivity index (χ1n) is 8.58. The zero-order valence-electron chi connectivity index (χ0n) is 15.0. The van der Waals surface area contributed by atoms with Gasteiger partial charge in [-0.05, 0) is 43.2 Å². The lowest BCUT2D eigenvalue weighted by Crippen LogP contribution is -2.24. The molecule has 7 nitrogen and oxygen atoms in total. The largest absolute Gasteiger partial charge is 0.455 e. The Morgan fingerprint density at radius 2 is 1.96 bits per heavy atom. The van der Waals surface area contributed by atoms with Crippen LogP contribution in [0.15, 0.2) is 64.2 Å². The first-order valence-corrected chi connectivity index (χ1v) is 10.2. The number of carbonyl (C=O) groups excluding carboxylic acids is 1. The maximum absolute atomic E-state index is 12.4. The Kier molecular flexibility index (Phi) is 5.75. The van der Waals surface area contributed by atoms with Crippen molar-refractivity contribution in [3.05, 3.63) is 71.9 Å². The number of amides is 1. The van der Waals surface area contributed by atoms with Gasteiger partial charge in [-0.25, -0.2) is 8.42 Å². The lowest BCUT2D eigenvalue weighted by molar-refractivity contribution is 0.0923. The summed E-state index contributed by atoms with van der Waals surface area (Å²) in [5, 5.41) is 6.94. The Labute approximate surface area is 157 Å². The molecule has 0 aliphatic carbocycles. The maximum Gasteiger partial charge on any atom is 0.286 e. The zero-order valence-corrected chi connectivity index (χ0v) is 15.8. The van der Waals surface area contributed by atoms with Crippen LogP contribution in [0.2, 0.25) is 0 Å². The molecule has 0 fully saturated rings. The lowest BCUT2D eigenvalue weighted by Gasteiger charge is -2.04. The third-order valence-corrected chi connectivity index (χ3v) is 5.59. The van der Waals surface area contributed by atoms with Gasteiger partial charge in [0.05, 0.1) is 11.1 Å². The van der Waals surface area contributed by atoms with Crippen LogP contribution in [-0.4, -0.2) is 30.7 Å². The highest BCUT2D eigenvalue weighted by atomic mass is 32.2. The number of nitrogens with zero attached hydrogens (tertiary/aromatic N) is 2. The van der Waals surface area contributed by atoms with Crippen molar-refractivity contribution in [3.63, 3.8) is 0 Å². The normalized spacial score (nSPS) is 11.4. The highest BCUT2D eigenvalue weighted by Crippen LogP contribution is 2.18. The molecule has 0 saturated carbocycles. The summed E-state index contributed by atoms with van der Waals surface area (Å²) >= 11 is 0. The molecule has 142 valence electrons. The first-order chi connectivity index (χ1) is 12.9. The number of aryl methyl sites for hydroxylation is 2. The van der Waals surface area contributed by atoms with Gasteiger partial charge < -0.3 is 9.73 Å². The number of nitrogens with one attached hydrogen (secondary N) is 1. The van der Waals surface area contributed by atoms with E-state index in [2.05, 4.69) is 10.4 Å². The number of hydrogen-bond donors (Lipinski definition) is 1. The summed E-state index contributed by atoms with van der Waals surface area (Å²) in [4.78, 5) is 12.4. The van der Waals surface area contributed by atoms with Gasteiger partial charge in [0.2, 0.25) is 0 Å². The number of benzene rings is 1. The summed E-state index contributed by atoms with van der Waals surface area (Å²) in [6.07, 6.45) is 4.45. The van der Waals surface area contributed by atoms with Gasteiger partial charge in [-0.1, -0.05) is 18.2 Å². The van der Waals surface area contributed by atoms with Crippen molar-refractivity contribution in [1.29, 1.82) is 0 Å². The molecule has 0 unspecified atom stereocenters. The van der Waals surface area contributed by atoms with E-state index in [0.717, 1.165) is 12.0 Å². The van der Waals surface area contributed by atoms with Crippen LogP contribution in [0.5, 0.6) is 0 Å². The second kappa shape index (κ2) is 8.22. The molecule has 0 radical (unpaired) electrons. The van der Waals surface area contributed by atoms with Crippen molar-refractivity contribution in [2.75, 3.05) is 6.54 Å². The van der Waals surface area contributed by atoms with Crippen LogP contribution in [0.25, 0.3) is 0 Å². The van der Waals surface area contributed by atoms with Crippen molar-refractivity contribution < 1.29 is 17.6 Å². The Balaban J connectivity index is 1.51. The molecule has 0 aliphatic heterocycles. The second-order valence-electron chi connectivity index (χ2n) is 6.23. The summed E-state index contributed by atoms with van der Waals surface area (Å²) in [6, 6.07) is 11.2. The molecule has 0 atom stereocenters. The van der Waals surface area contributed by atoms with E-state index < -0.39 is 9.84 Å². The van der Waals surface area contributed by atoms with Gasteiger partial charge in [-0.3, -0.25) is 9.48 Å². The Morgan fingerprint density at radius 3 is 2.67 bits per heavy atom. The summed E-state index contributed by atoms with van der Waals surface area (Å²) in [5.74, 6) is -0.322. The average molecular weight is 387 g/mol. The van der Waals surface area contributed by atoms with Gasteiger partial charge in [0.15, 0.2) is 15.6 Å². The van der Waals surface area contributed by atoms with Crippen LogP contribution in [0, 0.1) is 6.92 Å². The number of furan rings is 1. The van der Waals surface area contributed by atoms with E-state index in [9.17, 15) is 13.2 Å². The summed E-state index contributed by atoms with van der Waals surface area (Å²) in [6.45, 7) is 3.14. The molecule has 0 saturated heterocycles. The molecule has 1 aromatic carbocycles. The fourth-order valence-electron chi connectivity index (χ4n) is 2.60. The molecule has 2 aromatic heterocycles. The molecule has 0 spiro atoms. The number of aromatic nitrogens is 2. The van der Waals surface area contributed by atoms with Crippen LogP contribution in [0.4, 0.5) is 0 Å². The van der Waals surface area contributed by atoms with E-state index >= 15 is 0 Å². The lowest BCUT2D eigenvalue weighted by atomic mass is 10.3. The SMILES string of the molecule is Cc1cnn(CCCNC(=O)c2ccc(CS(=O)(=O)c3ccccc3)o2)c1. The second-order valence-corrected chi connectivity index (χ2v) is 8.22. The molecule has 3 rings (SSSR count). The molecule has 8 heteroatoms. The predicted octanol–water partition coefficient (Wildman–Crippen LogP) is 2.58. The van der Waals surface area contributed by atoms with Crippen LogP contribution < -0.4 is 5.32 Å². The first kappa shape index (κ1) is 18.9. The third-order valence-electron chi connectivity index (χ3n) is 3.93. The minimum atomic E-state index is -3.51. The molecule has 3 aromatic rings. The van der Waals surface area contributed by atoms with E-state index in [-0.39, 0.29) is 28.1 Å². The molecule has 1 N–H and O–H groups in total. The summed E-state index contributed by atoms with van der Waals surface area (Å²) in [5.41, 5.74) is 1.09. The van der Waals surface area contributed by atoms with E-state index in [4.69, 9.17) is 4.42 Å². The Bertz CT molecular complexity index is 1010. The van der Waals surface area contributed by atoms with Gasteiger partial charge in [-0.2, -0.15) is 5.10 Å². The average Bonchev–Trinajstić information content (AvgIpc) is 3.28. The fourth-order valence-corrected chi connectivity index (χ4v) is 3.86. The molecular weight excluding hydrogens is 366 g/mol. The monoisotopic (exact) mass is 387 g/mol. The smallest absolute Gasteiger partial charge is 0.286 e. The van der Waals surface area contributed by atoms with Gasteiger partial charge in [0.1, 0.15) is 11.5 Å². The number of sulfone groups is 1. The van der Waals surface area contributed by atoms with Gasteiger partial charge in [0.25, 0.3) is 5.91 Å². The number of carbonyl (C=O) groups is 1. The van der Waals surface area contributed by atoms with Crippen molar-refractivity contribution in [2.24, 2.45) is 0 Å². The highest BCUT2D eigenvalue weighted by Gasteiger charge is 2.19. The molecule has 27 heavy (non-hydrogen) atoms. The highest BCUT2D eigenvalue weighted by molar-refractivity contribution is 7.90. The van der Waals surface area contributed by atoms with Crippen molar-refractivity contribution in [1.82, 2.24) is 15.1 Å². The van der Waals surface area contributed by atoms with Crippen molar-refractivity contribution in [2.45, 2.75) is 30.5 Å². The molecule has 2 heterocycles. The minimum absolute atomic E-state index is 0.100. The topological polar surface area (TPSA) is 94.2 Å². The Morgan fingerprint density at radius 1 is 1.19 bits per heavy atom. The van der Waals surface area contributed by atoms with Crippen molar-refractivity contribution >= 4 is 15.7 Å². The molecule has 0 bridgehead atoms. The number of rotatable bonds is 8. The standard InChI is InChI=1S/C19H21N3O4S/c1-15-12-21-22(13-15)11-5-10-20-19(23)18-9-8-16(26-18)14-27(24,25)17-6-3-2-4-7-17/h2-4,6-9,12-13H,5,10-11,14H2,1H3,(H,20,23). The molecular formula is C19H21N3O4S. The minimum Gasteiger partial charge on any atom is -0.455 e. The van der Waals surface area contributed by atoms with Gasteiger partial charge in [-0.15, -0.1) is 0 Å². The van der Waals surface area contributed by atoms with Crippen LogP contribution in [0.1, 0.15) is 28.3 Å². The quantitative estimate of drug-likeness (QED) is 0.600. The Hall–Kier alpha value is -2.87. The molecule has 0 aliphatic rings. The van der Waals surface area contributed by atoms with Gasteiger partial charge in [0, 0.05) is 19.3 Å². The van der Waals surface area contributed by atoms with Crippen LogP contribution in [0.3, 0.4) is 0 Å². The van der Waals surface area contributed by atoms with E-state index in [1.807, 2.05) is 17.8 Å². The van der Waals surface area contributed by atoms with Crippen molar-refractivity contribution in [3.8, 4) is 0 Å². The third kappa shape index (κ3) is 5.07. The zero-order chi connectivity index (χ0) is 19.3. The summed E-state index contributed by atoms with van der Waals surface area (Å²) < 4.78 is 32.0. The number of hydrogen-bond acceptors (Lipinski definition) is 5. The van der Waals surface area contributed by atoms with Gasteiger partial charge >= 0.3 is 0 Å². The van der Waals surface area contributed by atoms with E-state index in [0.29, 0.717) is 13.1 Å². The summed E-state index contributed by atoms with van der Waals surface area (Å²) in [7, 11) is -3.51. The molecule has 1 amide bonds. The maximum atomic E-state index is 12.4. The predicted molar refractivity (Wildman–Crippen MR) is 100.0 cm³/mol. The van der Waals surface area contributed by atoms with E-state index in [1.54, 1.807) is 24.4 Å².